The van der Waals surface area contributed by atoms with E-state index in [0.29, 0.717) is 39.7 Å². The van der Waals surface area contributed by atoms with Crippen LogP contribution in [0.15, 0.2) is 65.4 Å². The predicted molar refractivity (Wildman–Crippen MR) is 196 cm³/mol. The first kappa shape index (κ1) is 38.3. The molecule has 0 saturated heterocycles. The number of carbonyl (C=O) groups excluding carboxylic acids is 1. The Morgan fingerprint density at radius 2 is 1.61 bits per heavy atom. The molecule has 0 fully saturated rings. The highest BCUT2D eigenvalue weighted by Gasteiger charge is 2.54. The summed E-state index contributed by atoms with van der Waals surface area (Å²) in [5.41, 5.74) is 3.78. The summed E-state index contributed by atoms with van der Waals surface area (Å²) >= 11 is 0. The van der Waals surface area contributed by atoms with Crippen LogP contribution in [0.2, 0.25) is 0 Å². The summed E-state index contributed by atoms with van der Waals surface area (Å²) in [5.74, 6) is 0.297. The van der Waals surface area contributed by atoms with Crippen molar-refractivity contribution in [1.29, 1.82) is 0 Å². The summed E-state index contributed by atoms with van der Waals surface area (Å²) in [4.78, 5) is 12.9. The van der Waals surface area contributed by atoms with Crippen LogP contribution in [0.25, 0.3) is 17.3 Å². The first-order chi connectivity index (χ1) is 23.6. The Hall–Kier alpha value is -3.50. The maximum atomic E-state index is 16.4. The second kappa shape index (κ2) is 18.5. The standard InChI is InChI=1S/C39H56BF2N3O4/c1-5-6-7-8-9-10-11-12-13-14-15-16-17-18-38(47)35(28-46)43-39(48)26-24-34-29(2)37-27-32-21-25-36(31-19-22-33(49-4)23-20-31)45(32)40(41,42)44(37)30(34)3/h17-23,25,27,35,38,46-47H,5-16,24,26,28H2,1-4H3,(H,43,48)/b18-17+/t35-,38-/m1/s1. The van der Waals surface area contributed by atoms with Crippen molar-refractivity contribution >= 4 is 24.7 Å². The molecule has 0 unspecified atom stereocenters. The molecule has 49 heavy (non-hydrogen) atoms. The molecule has 2 aromatic rings. The minimum atomic E-state index is -4.21. The van der Waals surface area contributed by atoms with Crippen molar-refractivity contribution in [3.8, 4) is 17.0 Å². The molecule has 2 aliphatic heterocycles. The van der Waals surface area contributed by atoms with Crippen molar-refractivity contribution in [2.75, 3.05) is 13.7 Å². The summed E-state index contributed by atoms with van der Waals surface area (Å²) in [6, 6.07) is 9.63. The number of benzene rings is 1. The van der Waals surface area contributed by atoms with Crippen LogP contribution in [-0.2, 0) is 4.79 Å². The summed E-state index contributed by atoms with van der Waals surface area (Å²) in [5, 5.41) is 23.2. The van der Waals surface area contributed by atoms with Gasteiger partial charge in [0.2, 0.25) is 5.91 Å². The Labute approximate surface area is 291 Å². The zero-order valence-electron chi connectivity index (χ0n) is 29.9. The number of aliphatic hydroxyl groups is 2. The second-order valence-electron chi connectivity index (χ2n) is 13.5. The molecule has 1 aromatic carbocycles. The number of aromatic nitrogens is 1. The fourth-order valence-electron chi connectivity index (χ4n) is 7.11. The highest BCUT2D eigenvalue weighted by Crippen LogP contribution is 2.40. The van der Waals surface area contributed by atoms with Crippen molar-refractivity contribution in [3.63, 3.8) is 0 Å². The Kier molecular flexibility index (Phi) is 14.5. The number of methoxy groups -OCH3 is 1. The van der Waals surface area contributed by atoms with Gasteiger partial charge in [0.25, 0.3) is 0 Å². The molecular weight excluding hydrogens is 623 g/mol. The number of fused-ring (bicyclic) bond motifs is 2. The van der Waals surface area contributed by atoms with Gasteiger partial charge in [-0.3, -0.25) is 4.79 Å². The van der Waals surface area contributed by atoms with E-state index in [9.17, 15) is 15.0 Å². The number of ether oxygens (including phenoxy) is 1. The third-order valence-corrected chi connectivity index (χ3v) is 10.0. The van der Waals surface area contributed by atoms with Gasteiger partial charge in [0.05, 0.1) is 25.9 Å². The van der Waals surface area contributed by atoms with Crippen LogP contribution in [0.4, 0.5) is 8.63 Å². The van der Waals surface area contributed by atoms with E-state index in [1.807, 2.05) is 13.0 Å². The van der Waals surface area contributed by atoms with E-state index in [2.05, 4.69) is 12.2 Å². The van der Waals surface area contributed by atoms with E-state index >= 15 is 8.63 Å². The number of hydrogen-bond donors (Lipinski definition) is 3. The molecule has 0 saturated carbocycles. The number of aliphatic hydroxyl groups excluding tert-OH is 2. The quantitative estimate of drug-likeness (QED) is 0.0703. The lowest BCUT2D eigenvalue weighted by molar-refractivity contribution is -0.362. The molecule has 10 heteroatoms. The van der Waals surface area contributed by atoms with E-state index in [0.717, 1.165) is 33.8 Å². The minimum Gasteiger partial charge on any atom is -0.497 e. The number of unbranched alkanes of at least 4 members (excludes halogenated alkanes) is 11. The third kappa shape index (κ3) is 9.60. The molecule has 2 aliphatic rings. The molecule has 7 nitrogen and oxygen atoms in total. The molecule has 3 N–H and O–H groups in total. The van der Waals surface area contributed by atoms with Crippen LogP contribution in [0.3, 0.4) is 0 Å². The molecule has 0 bridgehead atoms. The summed E-state index contributed by atoms with van der Waals surface area (Å²) < 4.78 is 40.2. The maximum Gasteiger partial charge on any atom is 0.737 e. The predicted octanol–water partition coefficient (Wildman–Crippen LogP) is 8.42. The minimum absolute atomic E-state index is 0.0405. The number of rotatable bonds is 21. The molecule has 268 valence electrons. The van der Waals surface area contributed by atoms with Gasteiger partial charge in [-0.1, -0.05) is 83.3 Å². The molecule has 0 spiro atoms. The van der Waals surface area contributed by atoms with E-state index in [4.69, 9.17) is 4.74 Å². The average Bonchev–Trinajstić information content (AvgIpc) is 3.63. The van der Waals surface area contributed by atoms with Crippen LogP contribution >= 0.6 is 0 Å². The normalized spacial score (nSPS) is 16.5. The zero-order chi connectivity index (χ0) is 35.4. The molecule has 0 radical (unpaired) electrons. The largest absolute Gasteiger partial charge is 0.737 e. The number of nitrogens with one attached hydrogen (secondary N) is 1. The van der Waals surface area contributed by atoms with Gasteiger partial charge in [-0.15, -0.1) is 0 Å². The van der Waals surface area contributed by atoms with Crippen LogP contribution in [0.5, 0.6) is 5.75 Å². The van der Waals surface area contributed by atoms with Gasteiger partial charge in [0, 0.05) is 42.0 Å². The summed E-state index contributed by atoms with van der Waals surface area (Å²) in [7, 11) is 1.56. The van der Waals surface area contributed by atoms with Gasteiger partial charge < -0.3 is 37.9 Å². The maximum absolute atomic E-state index is 16.4. The Morgan fingerprint density at radius 3 is 2.22 bits per heavy atom. The molecular formula is C39H56BF2N3O4. The van der Waals surface area contributed by atoms with Gasteiger partial charge >= 0.3 is 6.97 Å². The lowest BCUT2D eigenvalue weighted by Crippen LogP contribution is -2.50. The van der Waals surface area contributed by atoms with Crippen LogP contribution in [0, 0.1) is 0 Å². The van der Waals surface area contributed by atoms with E-state index in [1.54, 1.807) is 62.6 Å². The summed E-state index contributed by atoms with van der Waals surface area (Å²) in [6.45, 7) is 1.12. The first-order valence-corrected chi connectivity index (χ1v) is 18.3. The molecule has 2 atom stereocenters. The average molecular weight is 680 g/mol. The highest BCUT2D eigenvalue weighted by molar-refractivity contribution is 6.58. The molecule has 3 heterocycles. The van der Waals surface area contributed by atoms with Crippen molar-refractivity contribution in [2.45, 2.75) is 123 Å². The number of allylic oxidation sites excluding steroid dienone is 3. The van der Waals surface area contributed by atoms with Gasteiger partial charge in [0.1, 0.15) is 11.5 Å². The summed E-state index contributed by atoms with van der Waals surface area (Å²) in [6.07, 6.45) is 19.5. The number of carbonyl (C=O) groups is 1. The molecule has 4 rings (SSSR count). The van der Waals surface area contributed by atoms with Crippen LogP contribution in [-0.4, -0.2) is 63.6 Å². The number of hydrogen-bond acceptors (Lipinski definition) is 4. The Balaban J connectivity index is 1.26. The van der Waals surface area contributed by atoms with Gasteiger partial charge in [0.15, 0.2) is 5.70 Å². The number of amides is 1. The Morgan fingerprint density at radius 1 is 0.980 bits per heavy atom. The number of nitrogens with zero attached hydrogens (tertiary/aromatic N) is 2. The van der Waals surface area contributed by atoms with E-state index < -0.39 is 25.7 Å². The van der Waals surface area contributed by atoms with Crippen molar-refractivity contribution in [1.82, 2.24) is 9.79 Å². The lowest BCUT2D eigenvalue weighted by Gasteiger charge is -2.31. The molecule has 0 aliphatic carbocycles. The third-order valence-electron chi connectivity index (χ3n) is 10.0. The topological polar surface area (TPSA) is 86.7 Å². The van der Waals surface area contributed by atoms with E-state index in [1.165, 1.54) is 57.8 Å². The SMILES string of the molecule is CCCCCCCCCCCCC/C=C/[C@@H](O)[C@@H](CO)NC(=O)CCC1=C(C)C2=Cc3ccc(-c4ccc(OC)cc4)n3[B-](F)(F)[N+]2=C1C. The zero-order valence-corrected chi connectivity index (χ0v) is 29.9. The number of halogens is 2. The second-order valence-corrected chi connectivity index (χ2v) is 13.5. The van der Waals surface area contributed by atoms with Crippen molar-refractivity contribution in [2.24, 2.45) is 0 Å². The monoisotopic (exact) mass is 679 g/mol. The van der Waals surface area contributed by atoms with E-state index in [-0.39, 0.29) is 18.7 Å². The van der Waals surface area contributed by atoms with Gasteiger partial charge in [-0.2, -0.15) is 0 Å². The molecule has 1 amide bonds. The van der Waals surface area contributed by atoms with Crippen LogP contribution < -0.4 is 10.1 Å². The van der Waals surface area contributed by atoms with Crippen LogP contribution in [0.1, 0.15) is 116 Å². The fraction of sp³-hybridized carbons (Fsp3) is 0.538. The van der Waals surface area contributed by atoms with Gasteiger partial charge in [-0.25, -0.2) is 0 Å². The Bertz CT molecular complexity index is 1530. The fourth-order valence-corrected chi connectivity index (χ4v) is 7.11. The molecule has 1 aromatic heterocycles. The van der Waals surface area contributed by atoms with Crippen molar-refractivity contribution < 1.29 is 32.9 Å². The van der Waals surface area contributed by atoms with Crippen molar-refractivity contribution in [3.05, 3.63) is 71.1 Å². The smallest absolute Gasteiger partial charge is 0.497 e. The lowest BCUT2D eigenvalue weighted by atomic mass is 9.89. The van der Waals surface area contributed by atoms with Gasteiger partial charge in [-0.05, 0) is 68.1 Å². The first-order valence-electron chi connectivity index (χ1n) is 18.3. The highest BCUT2D eigenvalue weighted by atomic mass is 19.2.